The largest absolute Gasteiger partial charge is 0.388 e. The zero-order valence-corrected chi connectivity index (χ0v) is 29.3. The van der Waals surface area contributed by atoms with Gasteiger partial charge in [-0.25, -0.2) is 0 Å². The van der Waals surface area contributed by atoms with Crippen LogP contribution in [0.5, 0.6) is 0 Å². The molecule has 0 amide bonds. The van der Waals surface area contributed by atoms with Gasteiger partial charge in [-0.3, -0.25) is 4.79 Å². The van der Waals surface area contributed by atoms with Gasteiger partial charge >= 0.3 is 0 Å². The number of anilines is 2. The summed E-state index contributed by atoms with van der Waals surface area (Å²) in [7, 11) is 5.66. The number of benzene rings is 3. The number of ketones is 1. The summed E-state index contributed by atoms with van der Waals surface area (Å²) in [5.74, 6) is 1.43. The number of methoxy groups -OCH3 is 1. The van der Waals surface area contributed by atoms with Gasteiger partial charge in [-0.2, -0.15) is 0 Å². The van der Waals surface area contributed by atoms with Crippen molar-refractivity contribution < 1.29 is 9.53 Å². The van der Waals surface area contributed by atoms with Gasteiger partial charge in [0.05, 0.1) is 0 Å². The Morgan fingerprint density at radius 3 is 2.02 bits per heavy atom. The summed E-state index contributed by atoms with van der Waals surface area (Å²) >= 11 is 0. The first-order chi connectivity index (χ1) is 21.5. The Labute approximate surface area is 273 Å². The predicted octanol–water partition coefficient (Wildman–Crippen LogP) is 9.74. The van der Waals surface area contributed by atoms with Crippen molar-refractivity contribution in [3.05, 3.63) is 94.0 Å². The smallest absolute Gasteiger partial charge is 0.135 e. The lowest BCUT2D eigenvalue weighted by Gasteiger charge is -2.54. The van der Waals surface area contributed by atoms with E-state index >= 15 is 0 Å². The first kappa shape index (κ1) is 34.8. The summed E-state index contributed by atoms with van der Waals surface area (Å²) in [6.07, 6.45) is 10.1. The summed E-state index contributed by atoms with van der Waals surface area (Å²) in [4.78, 5) is 12.6. The number of Topliss-reactive ketones (excluding diaryl/α,β-unsaturated/α-hetero) is 1. The van der Waals surface area contributed by atoms with Crippen LogP contribution in [0.4, 0.5) is 11.4 Å². The maximum atomic E-state index is 12.6. The number of ether oxygens (including phenoxy) is 1. The molecule has 0 radical (unpaired) electrons. The molecule has 2 aliphatic carbocycles. The van der Waals surface area contributed by atoms with Crippen molar-refractivity contribution >= 4 is 17.2 Å². The molecule has 0 spiro atoms. The molecular weight excluding hydrogens is 552 g/mol. The Morgan fingerprint density at radius 2 is 1.51 bits per heavy atom. The normalized spacial score (nSPS) is 22.1. The predicted molar refractivity (Wildman–Crippen MR) is 192 cm³/mol. The summed E-state index contributed by atoms with van der Waals surface area (Å²) in [6, 6.07) is 22.2. The lowest BCUT2D eigenvalue weighted by molar-refractivity contribution is -0.134. The standard InChI is InChI=1S/C26H40O2.C15H18N2/c1-18(2)22-16-21-11-12-24-25(4,19(3)27)13-9-14-26(24,5)23(21)17-20(22)10-7-8-15-28-6;1-16-14-7-3-12(4-8-14)11-13-5-9-15(17-2)10-6-13/h16-18,24H,7-15H2,1-6H3;3-10,16-17H,11H2,1-2H3. The van der Waals surface area contributed by atoms with Crippen LogP contribution in [0.15, 0.2) is 60.7 Å². The van der Waals surface area contributed by atoms with Gasteiger partial charge in [0.1, 0.15) is 5.78 Å². The highest BCUT2D eigenvalue weighted by molar-refractivity contribution is 5.83. The molecular formula is C41H58N2O2. The molecule has 3 aromatic carbocycles. The number of hydrogen-bond donors (Lipinski definition) is 2. The Balaban J connectivity index is 0.000000231. The molecule has 0 saturated heterocycles. The summed E-state index contributed by atoms with van der Waals surface area (Å²) in [5.41, 5.74) is 11.1. The minimum Gasteiger partial charge on any atom is -0.388 e. The van der Waals surface area contributed by atoms with Gasteiger partial charge in [0.15, 0.2) is 0 Å². The molecule has 3 aromatic rings. The Kier molecular flexibility index (Phi) is 11.9. The van der Waals surface area contributed by atoms with Crippen LogP contribution < -0.4 is 10.6 Å². The Bertz CT molecular complexity index is 1350. The molecule has 5 rings (SSSR count). The second-order valence-electron chi connectivity index (χ2n) is 14.2. The molecule has 2 N–H and O–H groups in total. The molecule has 244 valence electrons. The highest BCUT2D eigenvalue weighted by Crippen LogP contribution is 2.58. The highest BCUT2D eigenvalue weighted by atomic mass is 16.5. The average molecular weight is 611 g/mol. The summed E-state index contributed by atoms with van der Waals surface area (Å²) < 4.78 is 5.25. The fraction of sp³-hybridized carbons (Fsp3) is 0.537. The van der Waals surface area contributed by atoms with E-state index in [1.54, 1.807) is 18.2 Å². The number of carbonyl (C=O) groups is 1. The Hall–Kier alpha value is -3.11. The maximum absolute atomic E-state index is 12.6. The van der Waals surface area contributed by atoms with Gasteiger partial charge in [0, 0.05) is 44.6 Å². The molecule has 4 nitrogen and oxygen atoms in total. The van der Waals surface area contributed by atoms with Crippen molar-refractivity contribution in [1.29, 1.82) is 0 Å². The number of nitrogens with one attached hydrogen (secondary N) is 2. The van der Waals surface area contributed by atoms with Crippen molar-refractivity contribution in [1.82, 2.24) is 0 Å². The molecule has 0 bridgehead atoms. The number of rotatable bonds is 11. The van der Waals surface area contributed by atoms with Crippen molar-refractivity contribution in [2.45, 2.75) is 104 Å². The first-order valence-corrected chi connectivity index (χ1v) is 17.2. The average Bonchev–Trinajstić information content (AvgIpc) is 3.03. The lowest BCUT2D eigenvalue weighted by atomic mass is 9.49. The van der Waals surface area contributed by atoms with E-state index in [0.29, 0.717) is 17.6 Å². The van der Waals surface area contributed by atoms with Gasteiger partial charge < -0.3 is 15.4 Å². The summed E-state index contributed by atoms with van der Waals surface area (Å²) in [6.45, 7) is 12.0. The van der Waals surface area contributed by atoms with Crippen LogP contribution in [-0.4, -0.2) is 33.6 Å². The van der Waals surface area contributed by atoms with Crippen molar-refractivity contribution in [3.63, 3.8) is 0 Å². The minimum absolute atomic E-state index is 0.142. The van der Waals surface area contributed by atoms with Gasteiger partial charge in [-0.05, 0) is 133 Å². The van der Waals surface area contributed by atoms with Crippen molar-refractivity contribution in [2.75, 3.05) is 38.4 Å². The molecule has 1 saturated carbocycles. The zero-order chi connectivity index (χ0) is 32.6. The van der Waals surface area contributed by atoms with Crippen molar-refractivity contribution in [2.24, 2.45) is 11.3 Å². The third-order valence-corrected chi connectivity index (χ3v) is 11.0. The highest BCUT2D eigenvalue weighted by Gasteiger charge is 2.53. The fourth-order valence-corrected chi connectivity index (χ4v) is 8.13. The van der Waals surface area contributed by atoms with Crippen LogP contribution in [0.1, 0.15) is 112 Å². The first-order valence-electron chi connectivity index (χ1n) is 17.2. The van der Waals surface area contributed by atoms with E-state index in [-0.39, 0.29) is 10.8 Å². The molecule has 0 aromatic heterocycles. The molecule has 4 heteroatoms. The topological polar surface area (TPSA) is 50.4 Å². The number of hydrogen-bond acceptors (Lipinski definition) is 4. The monoisotopic (exact) mass is 610 g/mol. The molecule has 2 aliphatic rings. The number of carbonyl (C=O) groups excluding carboxylic acids is 1. The number of aryl methyl sites for hydroxylation is 2. The molecule has 45 heavy (non-hydrogen) atoms. The van der Waals surface area contributed by atoms with E-state index in [1.165, 1.54) is 35.1 Å². The van der Waals surface area contributed by atoms with Gasteiger partial charge in [-0.15, -0.1) is 0 Å². The zero-order valence-electron chi connectivity index (χ0n) is 29.3. The number of fused-ring (bicyclic) bond motifs is 3. The fourth-order valence-electron chi connectivity index (χ4n) is 8.13. The van der Waals surface area contributed by atoms with Crippen LogP contribution in [0, 0.1) is 11.3 Å². The Morgan fingerprint density at radius 1 is 0.911 bits per heavy atom. The van der Waals surface area contributed by atoms with Crippen molar-refractivity contribution in [3.8, 4) is 0 Å². The molecule has 0 heterocycles. The molecule has 3 atom stereocenters. The van der Waals surface area contributed by atoms with Crippen LogP contribution in [0.3, 0.4) is 0 Å². The minimum atomic E-state index is -0.153. The van der Waals surface area contributed by atoms with E-state index in [2.05, 4.69) is 99.0 Å². The van der Waals surface area contributed by atoms with E-state index in [4.69, 9.17) is 4.74 Å². The van der Waals surface area contributed by atoms with Gasteiger partial charge in [0.2, 0.25) is 0 Å². The molecule has 0 aliphatic heterocycles. The van der Waals surface area contributed by atoms with E-state index in [0.717, 1.165) is 62.9 Å². The van der Waals surface area contributed by atoms with Crippen LogP contribution in [0.25, 0.3) is 0 Å². The van der Waals surface area contributed by atoms with Crippen LogP contribution in [0.2, 0.25) is 0 Å². The quantitative estimate of drug-likeness (QED) is 0.212. The second kappa shape index (κ2) is 15.5. The van der Waals surface area contributed by atoms with E-state index < -0.39 is 0 Å². The van der Waals surface area contributed by atoms with Gasteiger partial charge in [-0.1, -0.05) is 70.5 Å². The third kappa shape index (κ3) is 8.01. The summed E-state index contributed by atoms with van der Waals surface area (Å²) in [5, 5.41) is 6.25. The third-order valence-electron chi connectivity index (χ3n) is 11.0. The maximum Gasteiger partial charge on any atom is 0.135 e. The second-order valence-corrected chi connectivity index (χ2v) is 14.2. The lowest BCUT2D eigenvalue weighted by Crippen LogP contribution is -2.51. The SMILES string of the molecule is CNc1ccc(Cc2ccc(NC)cc2)cc1.COCCCCc1cc2c(cc1C(C)C)CCC1C(C)(C(C)=O)CCCC21C. The van der Waals surface area contributed by atoms with Crippen LogP contribution >= 0.6 is 0 Å². The molecule has 1 fully saturated rings. The van der Waals surface area contributed by atoms with E-state index in [1.807, 2.05) is 21.0 Å². The van der Waals surface area contributed by atoms with Gasteiger partial charge in [0.25, 0.3) is 0 Å². The van der Waals surface area contributed by atoms with Crippen LogP contribution in [-0.2, 0) is 34.2 Å². The molecule has 3 unspecified atom stereocenters. The van der Waals surface area contributed by atoms with E-state index in [9.17, 15) is 4.79 Å². The number of unbranched alkanes of at least 4 members (excludes halogenated alkanes) is 1.